The Morgan fingerprint density at radius 1 is 1.16 bits per heavy atom. The van der Waals surface area contributed by atoms with Crippen LogP contribution in [-0.4, -0.2) is 28.2 Å². The molecule has 2 aromatic rings. The maximum Gasteiger partial charge on any atom is 0.225 e. The Labute approximate surface area is 112 Å². The Morgan fingerprint density at radius 2 is 1.84 bits per heavy atom. The van der Waals surface area contributed by atoms with Gasteiger partial charge in [0.25, 0.3) is 0 Å². The van der Waals surface area contributed by atoms with Gasteiger partial charge in [0.1, 0.15) is 5.60 Å². The van der Waals surface area contributed by atoms with E-state index in [1.807, 2.05) is 36.1 Å². The van der Waals surface area contributed by atoms with Gasteiger partial charge in [0.2, 0.25) is 5.95 Å². The normalized spacial score (nSPS) is 22.7. The molecule has 98 valence electrons. The van der Waals surface area contributed by atoms with Crippen molar-refractivity contribution in [3.8, 4) is 0 Å². The van der Waals surface area contributed by atoms with Gasteiger partial charge in [-0.15, -0.1) is 0 Å². The van der Waals surface area contributed by atoms with Crippen molar-refractivity contribution in [2.75, 3.05) is 18.0 Å². The second-order valence-electron chi connectivity index (χ2n) is 5.12. The lowest BCUT2D eigenvalue weighted by atomic mass is 9.92. The molecule has 1 aromatic heterocycles. The second kappa shape index (κ2) is 4.63. The molecule has 4 nitrogen and oxygen atoms in total. The van der Waals surface area contributed by atoms with Crippen LogP contribution in [0.3, 0.4) is 0 Å². The van der Waals surface area contributed by atoms with Crippen LogP contribution in [0.4, 0.5) is 5.95 Å². The number of hydrogen-bond acceptors (Lipinski definition) is 4. The summed E-state index contributed by atoms with van der Waals surface area (Å²) in [6, 6.07) is 9.88. The fourth-order valence-corrected chi connectivity index (χ4v) is 2.52. The van der Waals surface area contributed by atoms with Crippen molar-refractivity contribution >= 4 is 5.95 Å². The minimum atomic E-state index is -0.799. The zero-order valence-corrected chi connectivity index (χ0v) is 11.0. The van der Waals surface area contributed by atoms with E-state index in [9.17, 15) is 5.11 Å². The standard InChI is InChI=1S/C15H17N3O/c1-12-3-5-13(6-4-12)15(19)7-10-18(11-15)14-16-8-2-9-17-14/h2-6,8-9,19H,7,10-11H2,1H3. The second-order valence-corrected chi connectivity index (χ2v) is 5.12. The first-order chi connectivity index (χ1) is 9.17. The van der Waals surface area contributed by atoms with E-state index in [4.69, 9.17) is 0 Å². The zero-order chi connectivity index (χ0) is 13.3. The summed E-state index contributed by atoms with van der Waals surface area (Å²) in [5.41, 5.74) is 1.37. The first-order valence-corrected chi connectivity index (χ1v) is 6.49. The number of aliphatic hydroxyl groups is 1. The van der Waals surface area contributed by atoms with Gasteiger partial charge in [-0.25, -0.2) is 9.97 Å². The van der Waals surface area contributed by atoms with Crippen LogP contribution >= 0.6 is 0 Å². The Balaban J connectivity index is 1.83. The van der Waals surface area contributed by atoms with Crippen LogP contribution in [0.2, 0.25) is 0 Å². The third kappa shape index (κ3) is 2.31. The highest BCUT2D eigenvalue weighted by Gasteiger charge is 2.38. The van der Waals surface area contributed by atoms with E-state index in [1.54, 1.807) is 18.5 Å². The summed E-state index contributed by atoms with van der Waals surface area (Å²) >= 11 is 0. The molecule has 0 aliphatic carbocycles. The molecule has 1 aliphatic rings. The minimum absolute atomic E-state index is 0.542. The summed E-state index contributed by atoms with van der Waals surface area (Å²) in [5, 5.41) is 10.8. The molecule has 0 radical (unpaired) electrons. The molecular formula is C15H17N3O. The lowest BCUT2D eigenvalue weighted by molar-refractivity contribution is 0.0606. The summed E-state index contributed by atoms with van der Waals surface area (Å²) in [4.78, 5) is 10.5. The topological polar surface area (TPSA) is 49.2 Å². The first-order valence-electron chi connectivity index (χ1n) is 6.49. The van der Waals surface area contributed by atoms with Gasteiger partial charge in [-0.1, -0.05) is 29.8 Å². The molecule has 0 saturated carbocycles. The molecule has 1 fully saturated rings. The van der Waals surface area contributed by atoms with Crippen LogP contribution in [-0.2, 0) is 5.60 Å². The van der Waals surface area contributed by atoms with E-state index < -0.39 is 5.60 Å². The third-order valence-corrected chi connectivity index (χ3v) is 3.67. The molecule has 1 aliphatic heterocycles. The van der Waals surface area contributed by atoms with E-state index in [0.717, 1.165) is 12.1 Å². The molecule has 3 rings (SSSR count). The number of nitrogens with zero attached hydrogens (tertiary/aromatic N) is 3. The van der Waals surface area contributed by atoms with E-state index >= 15 is 0 Å². The van der Waals surface area contributed by atoms with Gasteiger partial charge in [0.15, 0.2) is 0 Å². The number of aromatic nitrogens is 2. The maximum atomic E-state index is 10.8. The van der Waals surface area contributed by atoms with Crippen molar-refractivity contribution in [1.29, 1.82) is 0 Å². The van der Waals surface area contributed by atoms with Gasteiger partial charge in [0.05, 0.1) is 6.54 Å². The zero-order valence-electron chi connectivity index (χ0n) is 11.0. The van der Waals surface area contributed by atoms with Gasteiger partial charge in [0, 0.05) is 18.9 Å². The summed E-state index contributed by atoms with van der Waals surface area (Å²) in [6.07, 6.45) is 4.16. The van der Waals surface area contributed by atoms with Crippen molar-refractivity contribution < 1.29 is 5.11 Å². The maximum absolute atomic E-state index is 10.8. The van der Waals surface area contributed by atoms with Crippen LogP contribution in [0.15, 0.2) is 42.7 Å². The highest BCUT2D eigenvalue weighted by molar-refractivity contribution is 5.37. The van der Waals surface area contributed by atoms with Gasteiger partial charge in [-0.05, 0) is 25.0 Å². The third-order valence-electron chi connectivity index (χ3n) is 3.67. The van der Waals surface area contributed by atoms with Gasteiger partial charge >= 0.3 is 0 Å². The molecule has 0 spiro atoms. The highest BCUT2D eigenvalue weighted by Crippen LogP contribution is 2.33. The molecule has 1 N–H and O–H groups in total. The molecule has 19 heavy (non-hydrogen) atoms. The monoisotopic (exact) mass is 255 g/mol. The van der Waals surface area contributed by atoms with Crippen LogP contribution in [0.1, 0.15) is 17.5 Å². The number of hydrogen-bond donors (Lipinski definition) is 1. The van der Waals surface area contributed by atoms with E-state index in [0.29, 0.717) is 18.9 Å². The average molecular weight is 255 g/mol. The van der Waals surface area contributed by atoms with Crippen LogP contribution in [0, 0.1) is 6.92 Å². The molecular weight excluding hydrogens is 238 g/mol. The smallest absolute Gasteiger partial charge is 0.225 e. The predicted molar refractivity (Wildman–Crippen MR) is 73.9 cm³/mol. The van der Waals surface area contributed by atoms with Crippen LogP contribution in [0.25, 0.3) is 0 Å². The Bertz CT molecular complexity index is 555. The highest BCUT2D eigenvalue weighted by atomic mass is 16.3. The van der Waals surface area contributed by atoms with Gasteiger partial charge < -0.3 is 10.0 Å². The van der Waals surface area contributed by atoms with Crippen molar-refractivity contribution in [3.63, 3.8) is 0 Å². The molecule has 1 saturated heterocycles. The van der Waals surface area contributed by atoms with Gasteiger partial charge in [-0.2, -0.15) is 0 Å². The SMILES string of the molecule is Cc1ccc(C2(O)CCN(c3ncccn3)C2)cc1. The molecule has 4 heteroatoms. The lowest BCUT2D eigenvalue weighted by Crippen LogP contribution is -2.31. The van der Waals surface area contributed by atoms with Crippen molar-refractivity contribution in [1.82, 2.24) is 9.97 Å². The number of anilines is 1. The Hall–Kier alpha value is -1.94. The predicted octanol–water partition coefficient (Wildman–Crippen LogP) is 1.88. The molecule has 1 unspecified atom stereocenters. The van der Waals surface area contributed by atoms with E-state index in [2.05, 4.69) is 9.97 Å². The first kappa shape index (κ1) is 12.1. The number of β-amino-alcohol motifs (C(OH)–C–C–N with tert-alkyl or cyclic N) is 1. The number of rotatable bonds is 2. The minimum Gasteiger partial charge on any atom is -0.383 e. The van der Waals surface area contributed by atoms with E-state index in [-0.39, 0.29) is 0 Å². The molecule has 1 aromatic carbocycles. The van der Waals surface area contributed by atoms with Crippen molar-refractivity contribution in [3.05, 3.63) is 53.9 Å². The molecule has 1 atom stereocenters. The summed E-state index contributed by atoms with van der Waals surface area (Å²) in [5.74, 6) is 0.686. The van der Waals surface area contributed by atoms with Crippen LogP contribution < -0.4 is 4.90 Å². The Kier molecular flexibility index (Phi) is 2.95. The summed E-state index contributed by atoms with van der Waals surface area (Å²) in [6.45, 7) is 3.36. The summed E-state index contributed by atoms with van der Waals surface area (Å²) < 4.78 is 0. The largest absolute Gasteiger partial charge is 0.383 e. The molecule has 0 bridgehead atoms. The number of aryl methyl sites for hydroxylation is 1. The average Bonchev–Trinajstić information content (AvgIpc) is 2.84. The van der Waals surface area contributed by atoms with Crippen molar-refractivity contribution in [2.45, 2.75) is 18.9 Å². The van der Waals surface area contributed by atoms with E-state index in [1.165, 1.54) is 5.56 Å². The quantitative estimate of drug-likeness (QED) is 0.890. The fraction of sp³-hybridized carbons (Fsp3) is 0.333. The molecule has 0 amide bonds. The fourth-order valence-electron chi connectivity index (χ4n) is 2.52. The van der Waals surface area contributed by atoms with Crippen molar-refractivity contribution in [2.24, 2.45) is 0 Å². The lowest BCUT2D eigenvalue weighted by Gasteiger charge is -2.24. The van der Waals surface area contributed by atoms with Gasteiger partial charge in [-0.3, -0.25) is 0 Å². The number of benzene rings is 1. The van der Waals surface area contributed by atoms with Crippen LogP contribution in [0.5, 0.6) is 0 Å². The molecule has 2 heterocycles. The summed E-state index contributed by atoms with van der Waals surface area (Å²) in [7, 11) is 0. The Morgan fingerprint density at radius 3 is 2.53 bits per heavy atom.